The number of hydrogen-bond donors (Lipinski definition) is 4. The van der Waals surface area contributed by atoms with E-state index in [0.717, 1.165) is 44.6 Å². The Balaban J connectivity index is 1.22. The molecule has 0 saturated carbocycles. The second-order valence-corrected chi connectivity index (χ2v) is 9.76. The number of anilines is 1. The highest BCUT2D eigenvalue weighted by Gasteiger charge is 2.23. The number of imidazole rings is 1. The molecule has 0 aliphatic heterocycles. The number of carboxylic acid groups (broad SMARTS) is 1. The quantitative estimate of drug-likeness (QED) is 0.195. The summed E-state index contributed by atoms with van der Waals surface area (Å²) in [6.45, 7) is 6.16. The lowest BCUT2D eigenvalue weighted by molar-refractivity contribution is -0.139. The molecule has 198 valence electrons. The zero-order valence-corrected chi connectivity index (χ0v) is 22.0. The van der Waals surface area contributed by atoms with Gasteiger partial charge in [-0.3, -0.25) is 4.79 Å². The van der Waals surface area contributed by atoms with E-state index in [1.807, 2.05) is 93.6 Å². The van der Waals surface area contributed by atoms with Crippen LogP contribution in [0.2, 0.25) is 0 Å². The van der Waals surface area contributed by atoms with Gasteiger partial charge in [0.05, 0.1) is 17.6 Å². The first-order valence-electron chi connectivity index (χ1n) is 12.7. The molecule has 0 radical (unpaired) electrons. The SMILES string of the molecule is Cc1cc(C)c(C(=O)NC(Cc2ccc(-c3ccc(CNc4nc5ccccc5[nH]4)o3)cc2)C(=O)O)c(C)c1. The minimum atomic E-state index is -1.08. The van der Waals surface area contributed by atoms with Crippen LogP contribution in [0, 0.1) is 20.8 Å². The molecule has 0 bridgehead atoms. The van der Waals surface area contributed by atoms with Crippen molar-refractivity contribution < 1.29 is 19.1 Å². The molecular formula is C31H30N4O4. The van der Waals surface area contributed by atoms with E-state index in [4.69, 9.17) is 4.42 Å². The zero-order valence-electron chi connectivity index (χ0n) is 22.0. The molecule has 0 aliphatic rings. The van der Waals surface area contributed by atoms with Crippen molar-refractivity contribution >= 4 is 28.9 Å². The van der Waals surface area contributed by atoms with Gasteiger partial charge in [0, 0.05) is 17.5 Å². The van der Waals surface area contributed by atoms with Gasteiger partial charge in [-0.1, -0.05) is 54.1 Å². The van der Waals surface area contributed by atoms with Gasteiger partial charge in [0.15, 0.2) is 0 Å². The summed E-state index contributed by atoms with van der Waals surface area (Å²) < 4.78 is 6.00. The largest absolute Gasteiger partial charge is 0.480 e. The molecule has 8 heteroatoms. The number of para-hydroxylation sites is 2. The van der Waals surface area contributed by atoms with E-state index in [-0.39, 0.29) is 12.3 Å². The van der Waals surface area contributed by atoms with Crippen molar-refractivity contribution in [2.24, 2.45) is 0 Å². The number of furan rings is 1. The number of amides is 1. The molecule has 1 amide bonds. The number of fused-ring (bicyclic) bond motifs is 1. The highest BCUT2D eigenvalue weighted by atomic mass is 16.4. The van der Waals surface area contributed by atoms with Crippen LogP contribution in [-0.4, -0.2) is 33.0 Å². The number of carboxylic acids is 1. The monoisotopic (exact) mass is 522 g/mol. The number of nitrogens with one attached hydrogen (secondary N) is 3. The molecule has 5 rings (SSSR count). The zero-order chi connectivity index (χ0) is 27.5. The number of carbonyl (C=O) groups is 2. The van der Waals surface area contributed by atoms with Gasteiger partial charge in [0.2, 0.25) is 5.95 Å². The van der Waals surface area contributed by atoms with Crippen molar-refractivity contribution in [3.05, 3.63) is 106 Å². The summed E-state index contributed by atoms with van der Waals surface area (Å²) in [6, 6.07) is 21.9. The van der Waals surface area contributed by atoms with Crippen LogP contribution < -0.4 is 10.6 Å². The number of hydrogen-bond acceptors (Lipinski definition) is 5. The van der Waals surface area contributed by atoms with Crippen molar-refractivity contribution in [3.63, 3.8) is 0 Å². The molecule has 8 nitrogen and oxygen atoms in total. The molecule has 3 aromatic carbocycles. The fourth-order valence-corrected chi connectivity index (χ4v) is 4.84. The lowest BCUT2D eigenvalue weighted by atomic mass is 9.98. The highest BCUT2D eigenvalue weighted by molar-refractivity contribution is 5.99. The van der Waals surface area contributed by atoms with Gasteiger partial charge in [-0.05, 0) is 61.7 Å². The maximum atomic E-state index is 12.9. The lowest BCUT2D eigenvalue weighted by Gasteiger charge is -2.17. The van der Waals surface area contributed by atoms with E-state index in [2.05, 4.69) is 20.6 Å². The van der Waals surface area contributed by atoms with Crippen LogP contribution in [0.15, 0.2) is 77.2 Å². The third-order valence-electron chi connectivity index (χ3n) is 6.67. The number of benzene rings is 3. The predicted octanol–water partition coefficient (Wildman–Crippen LogP) is 5.79. The van der Waals surface area contributed by atoms with Gasteiger partial charge in [0.1, 0.15) is 17.6 Å². The summed E-state index contributed by atoms with van der Waals surface area (Å²) in [6.07, 6.45) is 0.163. The van der Waals surface area contributed by atoms with Crippen LogP contribution >= 0.6 is 0 Å². The summed E-state index contributed by atoms with van der Waals surface area (Å²) in [7, 11) is 0. The van der Waals surface area contributed by atoms with Crippen LogP contribution in [0.25, 0.3) is 22.4 Å². The van der Waals surface area contributed by atoms with Gasteiger partial charge in [-0.25, -0.2) is 9.78 Å². The molecular weight excluding hydrogens is 492 g/mol. The Morgan fingerprint density at radius 1 is 0.974 bits per heavy atom. The normalized spacial score (nSPS) is 11.9. The second kappa shape index (κ2) is 10.9. The first-order chi connectivity index (χ1) is 18.8. The van der Waals surface area contributed by atoms with E-state index in [0.29, 0.717) is 23.8 Å². The van der Waals surface area contributed by atoms with Gasteiger partial charge in [-0.2, -0.15) is 0 Å². The van der Waals surface area contributed by atoms with Crippen LogP contribution in [0.1, 0.15) is 38.4 Å². The van der Waals surface area contributed by atoms with Gasteiger partial charge >= 0.3 is 5.97 Å². The molecule has 0 fully saturated rings. The van der Waals surface area contributed by atoms with Gasteiger partial charge in [0.25, 0.3) is 5.91 Å². The van der Waals surface area contributed by atoms with E-state index in [1.54, 1.807) is 0 Å². The minimum absolute atomic E-state index is 0.163. The first-order valence-corrected chi connectivity index (χ1v) is 12.7. The molecule has 39 heavy (non-hydrogen) atoms. The van der Waals surface area contributed by atoms with Gasteiger partial charge in [-0.15, -0.1) is 0 Å². The Hall–Kier alpha value is -4.85. The maximum absolute atomic E-state index is 12.9. The number of aryl methyl sites for hydroxylation is 3. The third-order valence-corrected chi connectivity index (χ3v) is 6.67. The second-order valence-electron chi connectivity index (χ2n) is 9.76. The van der Waals surface area contributed by atoms with Crippen molar-refractivity contribution in [2.75, 3.05) is 5.32 Å². The van der Waals surface area contributed by atoms with Crippen LogP contribution in [0.4, 0.5) is 5.95 Å². The molecule has 1 unspecified atom stereocenters. The van der Waals surface area contributed by atoms with Crippen molar-refractivity contribution in [1.82, 2.24) is 15.3 Å². The average molecular weight is 523 g/mol. The van der Waals surface area contributed by atoms with E-state index >= 15 is 0 Å². The Morgan fingerprint density at radius 3 is 2.38 bits per heavy atom. The fourth-order valence-electron chi connectivity index (χ4n) is 4.84. The van der Waals surface area contributed by atoms with Crippen LogP contribution in [0.5, 0.6) is 0 Å². The number of nitrogens with zero attached hydrogens (tertiary/aromatic N) is 1. The lowest BCUT2D eigenvalue weighted by Crippen LogP contribution is -2.42. The predicted molar refractivity (Wildman–Crippen MR) is 151 cm³/mol. The molecule has 2 heterocycles. The molecule has 0 aliphatic carbocycles. The van der Waals surface area contributed by atoms with E-state index in [1.165, 1.54) is 0 Å². The molecule has 5 aromatic rings. The summed E-state index contributed by atoms with van der Waals surface area (Å²) in [5, 5.41) is 15.7. The summed E-state index contributed by atoms with van der Waals surface area (Å²) in [5.74, 6) is 0.670. The average Bonchev–Trinajstić information content (AvgIpc) is 3.54. The number of aromatic amines is 1. The van der Waals surface area contributed by atoms with E-state index < -0.39 is 12.0 Å². The first kappa shape index (κ1) is 25.8. The molecule has 4 N–H and O–H groups in total. The van der Waals surface area contributed by atoms with Crippen LogP contribution in [0.3, 0.4) is 0 Å². The number of H-pyrrole nitrogens is 1. The number of aromatic nitrogens is 2. The van der Waals surface area contributed by atoms with Crippen molar-refractivity contribution in [1.29, 1.82) is 0 Å². The third kappa shape index (κ3) is 5.85. The molecule has 2 aromatic heterocycles. The topological polar surface area (TPSA) is 120 Å². The Morgan fingerprint density at radius 2 is 1.69 bits per heavy atom. The highest BCUT2D eigenvalue weighted by Crippen LogP contribution is 2.24. The molecule has 0 saturated heterocycles. The Kier molecular flexibility index (Phi) is 7.19. The summed E-state index contributed by atoms with van der Waals surface area (Å²) in [4.78, 5) is 32.6. The van der Waals surface area contributed by atoms with Gasteiger partial charge < -0.3 is 25.1 Å². The Bertz CT molecular complexity index is 1590. The number of aliphatic carboxylic acids is 1. The standard InChI is InChI=1S/C31H30N4O4/c1-18-14-19(2)28(20(3)15-18)29(36)33-26(30(37)38)16-21-8-10-22(11-9-21)27-13-12-23(39-27)17-32-31-34-24-6-4-5-7-25(24)35-31/h4-15,26H,16-17H2,1-3H3,(H,33,36)(H,37,38)(H2,32,34,35). The number of rotatable bonds is 9. The molecule has 1 atom stereocenters. The number of carbonyl (C=O) groups excluding carboxylic acids is 1. The van der Waals surface area contributed by atoms with Crippen molar-refractivity contribution in [2.45, 2.75) is 39.8 Å². The van der Waals surface area contributed by atoms with Crippen molar-refractivity contribution in [3.8, 4) is 11.3 Å². The summed E-state index contributed by atoms with van der Waals surface area (Å²) in [5.41, 5.74) is 6.75. The minimum Gasteiger partial charge on any atom is -0.480 e. The molecule has 0 spiro atoms. The smallest absolute Gasteiger partial charge is 0.326 e. The van der Waals surface area contributed by atoms with E-state index in [9.17, 15) is 14.7 Å². The fraction of sp³-hybridized carbons (Fsp3) is 0.194. The van der Waals surface area contributed by atoms with Crippen LogP contribution in [-0.2, 0) is 17.8 Å². The Labute approximate surface area is 226 Å². The maximum Gasteiger partial charge on any atom is 0.326 e. The summed E-state index contributed by atoms with van der Waals surface area (Å²) >= 11 is 0.